The first-order valence-corrected chi connectivity index (χ1v) is 18.9. The first-order valence-electron chi connectivity index (χ1n) is 18.9. The van der Waals surface area contributed by atoms with E-state index in [1.807, 2.05) is 0 Å². The summed E-state index contributed by atoms with van der Waals surface area (Å²) in [4.78, 5) is 46.5. The van der Waals surface area contributed by atoms with E-state index in [4.69, 9.17) is 43.1 Å². The summed E-state index contributed by atoms with van der Waals surface area (Å²) in [5, 5.41) is 28.9. The quantitative estimate of drug-likeness (QED) is 0.0213. The SMILES string of the molecule is C=C(NCCNC(=O)CNC(=O)CNC(=O)CNC(=O)CNO)OCc1cn(CCOCCOCCOCCOCCOCCOCCOCCC(C)(C)C)nn1. The van der Waals surface area contributed by atoms with E-state index < -0.39 is 23.6 Å². The third kappa shape index (κ3) is 33.8. The molecule has 0 atom stereocenters. The Labute approximate surface area is 334 Å². The largest absolute Gasteiger partial charge is 0.473 e. The molecule has 1 aromatic rings. The van der Waals surface area contributed by atoms with Crippen LogP contribution in [0.4, 0.5) is 0 Å². The zero-order chi connectivity index (χ0) is 41.8. The Kier molecular flexibility index (Phi) is 30.5. The lowest BCUT2D eigenvalue weighted by atomic mass is 9.93. The highest BCUT2D eigenvalue weighted by Gasteiger charge is 2.10. The number of hydrogen-bond acceptors (Lipinski definition) is 17. The Morgan fingerprint density at radius 2 is 1.02 bits per heavy atom. The number of hydroxylamine groups is 1. The summed E-state index contributed by atoms with van der Waals surface area (Å²) in [7, 11) is 0. The molecular formula is C35H65N9O13. The van der Waals surface area contributed by atoms with E-state index in [1.165, 1.54) is 0 Å². The van der Waals surface area contributed by atoms with Gasteiger partial charge in [-0.05, 0) is 18.4 Å². The molecule has 0 radical (unpaired) electrons. The molecule has 0 unspecified atom stereocenters. The Morgan fingerprint density at radius 1 is 0.614 bits per heavy atom. The summed E-state index contributed by atoms with van der Waals surface area (Å²) in [6.45, 7) is 17.3. The monoisotopic (exact) mass is 819 g/mol. The maximum Gasteiger partial charge on any atom is 0.239 e. The van der Waals surface area contributed by atoms with Gasteiger partial charge in [-0.3, -0.25) is 19.2 Å². The van der Waals surface area contributed by atoms with Gasteiger partial charge in [0.2, 0.25) is 23.6 Å². The van der Waals surface area contributed by atoms with Gasteiger partial charge >= 0.3 is 0 Å². The van der Waals surface area contributed by atoms with Crippen LogP contribution in [0.15, 0.2) is 18.7 Å². The molecule has 0 aromatic carbocycles. The number of ether oxygens (including phenoxy) is 8. The van der Waals surface area contributed by atoms with Gasteiger partial charge in [0.15, 0.2) is 5.88 Å². The van der Waals surface area contributed by atoms with E-state index in [0.29, 0.717) is 105 Å². The number of carbonyl (C=O) groups is 4. The molecule has 0 bridgehead atoms. The van der Waals surface area contributed by atoms with Crippen molar-refractivity contribution in [3.05, 3.63) is 24.4 Å². The van der Waals surface area contributed by atoms with Crippen LogP contribution >= 0.6 is 0 Å². The van der Waals surface area contributed by atoms with Gasteiger partial charge in [0.1, 0.15) is 12.3 Å². The van der Waals surface area contributed by atoms with Gasteiger partial charge < -0.3 is 69.7 Å². The number of aromatic nitrogens is 3. The van der Waals surface area contributed by atoms with Crippen LogP contribution in [0.5, 0.6) is 0 Å². The fourth-order valence-electron chi connectivity index (χ4n) is 3.95. The van der Waals surface area contributed by atoms with Gasteiger partial charge in [-0.25, -0.2) is 4.68 Å². The summed E-state index contributed by atoms with van der Waals surface area (Å²) in [5.41, 5.74) is 2.52. The summed E-state index contributed by atoms with van der Waals surface area (Å²) in [5.74, 6) is -1.97. The summed E-state index contributed by atoms with van der Waals surface area (Å²) >= 11 is 0. The second kappa shape index (κ2) is 34.1. The topological polar surface area (TPSA) is 265 Å². The maximum atomic E-state index is 11.9. The van der Waals surface area contributed by atoms with Crippen LogP contribution in [0.1, 0.15) is 32.9 Å². The highest BCUT2D eigenvalue weighted by Crippen LogP contribution is 2.17. The van der Waals surface area contributed by atoms with Gasteiger partial charge in [-0.15, -0.1) is 5.10 Å². The molecule has 4 amide bonds. The van der Waals surface area contributed by atoms with Crippen molar-refractivity contribution in [2.75, 3.05) is 132 Å². The molecule has 22 nitrogen and oxygen atoms in total. The molecule has 328 valence electrons. The van der Waals surface area contributed by atoms with Crippen LogP contribution in [-0.2, 0) is 70.2 Å². The normalized spacial score (nSPS) is 11.2. The van der Waals surface area contributed by atoms with Crippen molar-refractivity contribution < 1.29 is 62.3 Å². The average Bonchev–Trinajstić information content (AvgIpc) is 3.63. The summed E-state index contributed by atoms with van der Waals surface area (Å²) < 4.78 is 45.8. The molecule has 0 aliphatic carbocycles. The molecule has 1 heterocycles. The molecule has 7 N–H and O–H groups in total. The summed E-state index contributed by atoms with van der Waals surface area (Å²) in [6.07, 6.45) is 2.76. The second-order valence-electron chi connectivity index (χ2n) is 13.2. The fourth-order valence-corrected chi connectivity index (χ4v) is 3.95. The van der Waals surface area contributed by atoms with Crippen molar-refractivity contribution in [1.29, 1.82) is 0 Å². The molecule has 22 heteroatoms. The van der Waals surface area contributed by atoms with E-state index >= 15 is 0 Å². The zero-order valence-corrected chi connectivity index (χ0v) is 33.7. The van der Waals surface area contributed by atoms with Crippen LogP contribution < -0.4 is 32.1 Å². The predicted octanol–water partition coefficient (Wildman–Crippen LogP) is -2.15. The lowest BCUT2D eigenvalue weighted by molar-refractivity contribution is -0.128. The lowest BCUT2D eigenvalue weighted by Gasteiger charge is -2.17. The molecule has 1 rings (SSSR count). The molecule has 0 aliphatic rings. The van der Waals surface area contributed by atoms with Gasteiger partial charge in [0.05, 0.1) is 125 Å². The average molecular weight is 820 g/mol. The van der Waals surface area contributed by atoms with E-state index in [0.717, 1.165) is 13.0 Å². The van der Waals surface area contributed by atoms with Crippen LogP contribution in [0.25, 0.3) is 0 Å². The second-order valence-corrected chi connectivity index (χ2v) is 13.2. The molecular weight excluding hydrogens is 754 g/mol. The number of carbonyl (C=O) groups excluding carboxylic acids is 4. The lowest BCUT2D eigenvalue weighted by Crippen LogP contribution is -2.45. The minimum Gasteiger partial charge on any atom is -0.473 e. The van der Waals surface area contributed by atoms with Crippen molar-refractivity contribution in [2.24, 2.45) is 5.41 Å². The molecule has 0 saturated carbocycles. The minimum atomic E-state index is -0.611. The van der Waals surface area contributed by atoms with E-state index in [-0.39, 0.29) is 50.6 Å². The van der Waals surface area contributed by atoms with E-state index in [9.17, 15) is 19.2 Å². The molecule has 0 spiro atoms. The van der Waals surface area contributed by atoms with Gasteiger partial charge in [0, 0.05) is 19.7 Å². The van der Waals surface area contributed by atoms with E-state index in [2.05, 4.69) is 64.2 Å². The number of nitrogens with zero attached hydrogens (tertiary/aromatic N) is 3. The number of nitrogens with one attached hydrogen (secondary N) is 6. The molecule has 57 heavy (non-hydrogen) atoms. The third-order valence-corrected chi connectivity index (χ3v) is 7.02. The molecule has 0 saturated heterocycles. The summed E-state index contributed by atoms with van der Waals surface area (Å²) in [6, 6.07) is 0. The highest BCUT2D eigenvalue weighted by atomic mass is 16.6. The van der Waals surface area contributed by atoms with Crippen molar-refractivity contribution in [3.8, 4) is 0 Å². The fraction of sp³-hybridized carbons (Fsp3) is 0.771. The van der Waals surface area contributed by atoms with Crippen LogP contribution in [0.3, 0.4) is 0 Å². The van der Waals surface area contributed by atoms with Gasteiger partial charge in [-0.2, -0.15) is 5.48 Å². The standard InChI is InChI=1S/C35H65N9O13/c1-29(36-6-7-37-31(45)23-38-32(46)24-39-33(47)25-40-34(48)26-41-49)57-28-30-27-44(43-42-30)8-10-51-12-14-53-16-18-55-20-22-56-21-19-54-17-15-52-13-11-50-9-5-35(2,3)4/h27,36,41,49H,1,5-26,28H2,2-4H3,(H,37,45)(H,38,46)(H,39,47)(H,40,48). The first kappa shape index (κ1) is 51.0. The molecule has 1 aromatic heterocycles. The Balaban J connectivity index is 1.88. The maximum absolute atomic E-state index is 11.9. The van der Waals surface area contributed by atoms with Gasteiger partial charge in [-0.1, -0.05) is 26.0 Å². The van der Waals surface area contributed by atoms with Crippen LogP contribution in [0.2, 0.25) is 0 Å². The smallest absolute Gasteiger partial charge is 0.239 e. The highest BCUT2D eigenvalue weighted by molar-refractivity contribution is 5.90. The first-order chi connectivity index (χ1) is 27.5. The number of hydrogen-bond donors (Lipinski definition) is 7. The zero-order valence-electron chi connectivity index (χ0n) is 33.7. The van der Waals surface area contributed by atoms with Crippen molar-refractivity contribution >= 4 is 23.6 Å². The Hall–Kier alpha value is -4.00. The van der Waals surface area contributed by atoms with Crippen molar-refractivity contribution in [2.45, 2.75) is 40.3 Å². The van der Waals surface area contributed by atoms with Crippen LogP contribution in [-0.4, -0.2) is 176 Å². The van der Waals surface area contributed by atoms with E-state index in [1.54, 1.807) is 16.4 Å². The van der Waals surface area contributed by atoms with Crippen LogP contribution in [0, 0.1) is 5.41 Å². The third-order valence-electron chi connectivity index (χ3n) is 7.02. The predicted molar refractivity (Wildman–Crippen MR) is 204 cm³/mol. The number of rotatable bonds is 38. The molecule has 0 aliphatic heterocycles. The minimum absolute atomic E-state index is 0.134. The van der Waals surface area contributed by atoms with Crippen molar-refractivity contribution in [3.63, 3.8) is 0 Å². The van der Waals surface area contributed by atoms with Crippen molar-refractivity contribution in [1.82, 2.24) is 47.1 Å². The number of amides is 4. The molecule has 0 fully saturated rings. The van der Waals surface area contributed by atoms with Gasteiger partial charge in [0.25, 0.3) is 0 Å². The Bertz CT molecular complexity index is 1240. The Morgan fingerprint density at radius 3 is 1.47 bits per heavy atom.